The van der Waals surface area contributed by atoms with Crippen LogP contribution < -0.4 is 5.32 Å². The number of hydrogen-bond acceptors (Lipinski definition) is 3. The summed E-state index contributed by atoms with van der Waals surface area (Å²) < 4.78 is 11.0. The van der Waals surface area contributed by atoms with Crippen molar-refractivity contribution in [3.8, 4) is 0 Å². The summed E-state index contributed by atoms with van der Waals surface area (Å²) in [5, 5.41) is 3.08. The Hall–Kier alpha value is -0.800. The third kappa shape index (κ3) is 4.81. The van der Waals surface area contributed by atoms with Crippen molar-refractivity contribution in [2.75, 3.05) is 13.7 Å². The fourth-order valence-electron chi connectivity index (χ4n) is 1.62. The fraction of sp³-hybridized carbons (Fsp3) is 0.692. The maximum Gasteiger partial charge on any atom is 0.123 e. The molecule has 0 fully saturated rings. The van der Waals surface area contributed by atoms with Gasteiger partial charge >= 0.3 is 0 Å². The zero-order valence-corrected chi connectivity index (χ0v) is 10.4. The molecule has 1 heterocycles. The lowest BCUT2D eigenvalue weighted by atomic mass is 10.2. The van der Waals surface area contributed by atoms with Crippen LogP contribution in [0.5, 0.6) is 0 Å². The largest absolute Gasteiger partial charge is 0.468 e. The van der Waals surface area contributed by atoms with Crippen molar-refractivity contribution >= 4 is 0 Å². The van der Waals surface area contributed by atoms with Crippen LogP contribution in [0, 0.1) is 0 Å². The molecule has 0 saturated carbocycles. The van der Waals surface area contributed by atoms with E-state index in [0.717, 1.165) is 30.9 Å². The van der Waals surface area contributed by atoms with Gasteiger partial charge < -0.3 is 14.5 Å². The van der Waals surface area contributed by atoms with Crippen LogP contribution in [0.3, 0.4) is 0 Å². The highest BCUT2D eigenvalue weighted by Crippen LogP contribution is 2.12. The molecule has 0 atom stereocenters. The van der Waals surface area contributed by atoms with Crippen LogP contribution >= 0.6 is 0 Å². The molecule has 1 rings (SSSR count). The zero-order chi connectivity index (χ0) is 11.6. The normalized spacial score (nSPS) is 10.9. The second-order valence-corrected chi connectivity index (χ2v) is 4.01. The molecule has 0 aromatic carbocycles. The second kappa shape index (κ2) is 8.36. The number of rotatable bonds is 9. The average molecular weight is 225 g/mol. The van der Waals surface area contributed by atoms with Gasteiger partial charge in [0.15, 0.2) is 0 Å². The first-order valence-corrected chi connectivity index (χ1v) is 6.16. The molecular formula is C13H23NO2. The van der Waals surface area contributed by atoms with Crippen molar-refractivity contribution in [1.29, 1.82) is 0 Å². The molecule has 0 aliphatic rings. The molecule has 1 aromatic rings. The number of ether oxygens (including phenoxy) is 1. The summed E-state index contributed by atoms with van der Waals surface area (Å²) in [7, 11) is 1.91. The van der Waals surface area contributed by atoms with Crippen molar-refractivity contribution in [3.05, 3.63) is 23.7 Å². The highest BCUT2D eigenvalue weighted by atomic mass is 16.5. The Labute approximate surface area is 98.2 Å². The molecule has 0 aliphatic carbocycles. The van der Waals surface area contributed by atoms with Crippen molar-refractivity contribution in [2.24, 2.45) is 0 Å². The predicted octanol–water partition coefficient (Wildman–Crippen LogP) is 3.10. The van der Waals surface area contributed by atoms with Crippen molar-refractivity contribution in [3.63, 3.8) is 0 Å². The summed E-state index contributed by atoms with van der Waals surface area (Å²) in [5.41, 5.74) is 1.16. The van der Waals surface area contributed by atoms with Crippen molar-refractivity contribution in [1.82, 2.24) is 5.32 Å². The summed E-state index contributed by atoms with van der Waals surface area (Å²) in [4.78, 5) is 0. The second-order valence-electron chi connectivity index (χ2n) is 4.01. The van der Waals surface area contributed by atoms with Crippen LogP contribution in [0.1, 0.15) is 43.9 Å². The van der Waals surface area contributed by atoms with E-state index in [4.69, 9.17) is 9.15 Å². The van der Waals surface area contributed by atoms with E-state index in [1.807, 2.05) is 13.1 Å². The van der Waals surface area contributed by atoms with E-state index in [9.17, 15) is 0 Å². The van der Waals surface area contributed by atoms with Crippen LogP contribution in [0.2, 0.25) is 0 Å². The van der Waals surface area contributed by atoms with Crippen LogP contribution in [-0.4, -0.2) is 13.7 Å². The summed E-state index contributed by atoms with van der Waals surface area (Å²) in [5.74, 6) is 0.982. The van der Waals surface area contributed by atoms with Gasteiger partial charge in [-0.05, 0) is 19.5 Å². The van der Waals surface area contributed by atoms with Gasteiger partial charge in [0.2, 0.25) is 0 Å². The van der Waals surface area contributed by atoms with Gasteiger partial charge in [0, 0.05) is 12.2 Å². The Balaban J connectivity index is 2.13. The first kappa shape index (κ1) is 13.3. The molecule has 0 spiro atoms. The van der Waals surface area contributed by atoms with Gasteiger partial charge in [-0.15, -0.1) is 0 Å². The molecule has 0 saturated heterocycles. The number of unbranched alkanes of at least 4 members (excludes halogenated alkanes) is 3. The minimum atomic E-state index is 0.666. The van der Waals surface area contributed by atoms with Crippen molar-refractivity contribution < 1.29 is 9.15 Å². The lowest BCUT2D eigenvalue weighted by Crippen LogP contribution is -2.06. The van der Waals surface area contributed by atoms with Gasteiger partial charge in [0.25, 0.3) is 0 Å². The zero-order valence-electron chi connectivity index (χ0n) is 10.4. The Morgan fingerprint density at radius 3 is 2.94 bits per heavy atom. The Bertz CT molecular complexity index is 271. The van der Waals surface area contributed by atoms with Gasteiger partial charge in [-0.1, -0.05) is 26.2 Å². The van der Waals surface area contributed by atoms with E-state index in [-0.39, 0.29) is 0 Å². The first-order chi connectivity index (χ1) is 7.88. The summed E-state index contributed by atoms with van der Waals surface area (Å²) in [6.07, 6.45) is 6.73. The fourth-order valence-corrected chi connectivity index (χ4v) is 1.62. The molecule has 0 unspecified atom stereocenters. The third-order valence-corrected chi connectivity index (χ3v) is 2.57. The van der Waals surface area contributed by atoms with Crippen LogP contribution in [0.25, 0.3) is 0 Å². The Morgan fingerprint density at radius 2 is 2.19 bits per heavy atom. The molecule has 16 heavy (non-hydrogen) atoms. The molecular weight excluding hydrogens is 202 g/mol. The van der Waals surface area contributed by atoms with E-state index in [1.165, 1.54) is 19.3 Å². The van der Waals surface area contributed by atoms with E-state index in [0.29, 0.717) is 6.61 Å². The lowest BCUT2D eigenvalue weighted by molar-refractivity contribution is 0.115. The molecule has 0 bridgehead atoms. The van der Waals surface area contributed by atoms with E-state index in [2.05, 4.69) is 12.2 Å². The van der Waals surface area contributed by atoms with Gasteiger partial charge in [-0.3, -0.25) is 0 Å². The lowest BCUT2D eigenvalue weighted by Gasteiger charge is -2.04. The van der Waals surface area contributed by atoms with Crippen molar-refractivity contribution in [2.45, 2.75) is 45.8 Å². The minimum absolute atomic E-state index is 0.666. The number of nitrogens with one attached hydrogen (secondary N) is 1. The number of hydrogen-bond donors (Lipinski definition) is 1. The summed E-state index contributed by atoms with van der Waals surface area (Å²) >= 11 is 0. The van der Waals surface area contributed by atoms with Crippen LogP contribution in [-0.2, 0) is 17.9 Å². The Kier molecular flexibility index (Phi) is 6.93. The molecule has 0 aliphatic heterocycles. The quantitative estimate of drug-likeness (QED) is 0.656. The summed E-state index contributed by atoms with van der Waals surface area (Å²) in [6.45, 7) is 4.50. The number of furan rings is 1. The highest BCUT2D eigenvalue weighted by molar-refractivity contribution is 5.15. The molecule has 1 aromatic heterocycles. The van der Waals surface area contributed by atoms with Gasteiger partial charge in [0.1, 0.15) is 5.76 Å². The molecule has 0 radical (unpaired) electrons. The van der Waals surface area contributed by atoms with E-state index in [1.54, 1.807) is 6.26 Å². The Morgan fingerprint density at radius 1 is 1.31 bits per heavy atom. The highest BCUT2D eigenvalue weighted by Gasteiger charge is 2.04. The summed E-state index contributed by atoms with van der Waals surface area (Å²) in [6, 6.07) is 1.98. The molecule has 0 amide bonds. The van der Waals surface area contributed by atoms with Gasteiger partial charge in [0.05, 0.1) is 19.4 Å². The van der Waals surface area contributed by atoms with Gasteiger partial charge in [-0.25, -0.2) is 0 Å². The smallest absolute Gasteiger partial charge is 0.123 e. The van der Waals surface area contributed by atoms with Crippen LogP contribution in [0.4, 0.5) is 0 Å². The van der Waals surface area contributed by atoms with Gasteiger partial charge in [-0.2, -0.15) is 0 Å². The molecule has 3 heteroatoms. The van der Waals surface area contributed by atoms with E-state index < -0.39 is 0 Å². The molecule has 3 nitrogen and oxygen atoms in total. The predicted molar refractivity (Wildman–Crippen MR) is 65.3 cm³/mol. The molecule has 1 N–H and O–H groups in total. The minimum Gasteiger partial charge on any atom is -0.468 e. The van der Waals surface area contributed by atoms with E-state index >= 15 is 0 Å². The van der Waals surface area contributed by atoms with Crippen LogP contribution in [0.15, 0.2) is 16.7 Å². The first-order valence-electron chi connectivity index (χ1n) is 6.16. The SMILES string of the molecule is CCCCCCOCc1ccoc1CNC. The topological polar surface area (TPSA) is 34.4 Å². The maximum absolute atomic E-state index is 5.62. The maximum atomic E-state index is 5.62. The monoisotopic (exact) mass is 225 g/mol. The standard InChI is InChI=1S/C13H23NO2/c1-3-4-5-6-8-15-11-12-7-9-16-13(12)10-14-2/h7,9,14H,3-6,8,10-11H2,1-2H3. The third-order valence-electron chi connectivity index (χ3n) is 2.57. The average Bonchev–Trinajstić information content (AvgIpc) is 2.72. The molecule has 92 valence electrons.